The van der Waals surface area contributed by atoms with E-state index in [1.165, 1.54) is 16.7 Å². The SMILES string of the molecule is O=C(O)c1csc(-c2cccc(OCCOc3ccccc3)c2)n1. The van der Waals surface area contributed by atoms with Crippen LogP contribution < -0.4 is 9.47 Å². The molecule has 0 amide bonds. The second-order valence-electron chi connectivity index (χ2n) is 4.88. The first-order chi connectivity index (χ1) is 11.7. The molecule has 0 bridgehead atoms. The summed E-state index contributed by atoms with van der Waals surface area (Å²) < 4.78 is 11.3. The molecule has 122 valence electrons. The van der Waals surface area contributed by atoms with Crippen molar-refractivity contribution in [3.8, 4) is 22.1 Å². The van der Waals surface area contributed by atoms with Crippen LogP contribution >= 0.6 is 11.3 Å². The Hall–Kier alpha value is -2.86. The van der Waals surface area contributed by atoms with Gasteiger partial charge >= 0.3 is 5.97 Å². The monoisotopic (exact) mass is 341 g/mol. The number of nitrogens with zero attached hydrogens (tertiary/aromatic N) is 1. The number of benzene rings is 2. The van der Waals surface area contributed by atoms with Crippen LogP contribution in [0.1, 0.15) is 10.5 Å². The number of rotatable bonds is 7. The fraction of sp³-hybridized carbons (Fsp3) is 0.111. The van der Waals surface area contributed by atoms with Gasteiger partial charge in [0.25, 0.3) is 0 Å². The lowest BCUT2D eigenvalue weighted by Gasteiger charge is -2.09. The number of carbonyl (C=O) groups is 1. The van der Waals surface area contributed by atoms with E-state index in [9.17, 15) is 4.79 Å². The van der Waals surface area contributed by atoms with Crippen LogP contribution in [-0.2, 0) is 0 Å². The Morgan fingerprint density at radius 3 is 2.42 bits per heavy atom. The van der Waals surface area contributed by atoms with Crippen molar-refractivity contribution in [3.63, 3.8) is 0 Å². The summed E-state index contributed by atoms with van der Waals surface area (Å²) in [5.74, 6) is 0.470. The zero-order chi connectivity index (χ0) is 16.8. The zero-order valence-corrected chi connectivity index (χ0v) is 13.5. The molecule has 1 heterocycles. The van der Waals surface area contributed by atoms with E-state index in [4.69, 9.17) is 14.6 Å². The molecule has 3 rings (SSSR count). The van der Waals surface area contributed by atoms with Crippen LogP contribution in [0.15, 0.2) is 60.0 Å². The average molecular weight is 341 g/mol. The van der Waals surface area contributed by atoms with Gasteiger partial charge in [-0.1, -0.05) is 30.3 Å². The summed E-state index contributed by atoms with van der Waals surface area (Å²) in [7, 11) is 0. The molecule has 1 aromatic heterocycles. The van der Waals surface area contributed by atoms with E-state index < -0.39 is 5.97 Å². The lowest BCUT2D eigenvalue weighted by Crippen LogP contribution is -2.08. The molecule has 1 N–H and O–H groups in total. The van der Waals surface area contributed by atoms with E-state index in [1.807, 2.05) is 54.6 Å². The number of hydrogen-bond acceptors (Lipinski definition) is 5. The summed E-state index contributed by atoms with van der Waals surface area (Å²) in [5, 5.41) is 11.1. The molecule has 0 fully saturated rings. The van der Waals surface area contributed by atoms with Crippen LogP contribution in [-0.4, -0.2) is 29.3 Å². The van der Waals surface area contributed by atoms with Gasteiger partial charge in [0.2, 0.25) is 0 Å². The van der Waals surface area contributed by atoms with Crippen molar-refractivity contribution in [2.45, 2.75) is 0 Å². The summed E-state index contributed by atoms with van der Waals surface area (Å²) in [5.41, 5.74) is 0.881. The molecule has 0 aliphatic rings. The van der Waals surface area contributed by atoms with Gasteiger partial charge in [-0.25, -0.2) is 9.78 Å². The highest BCUT2D eigenvalue weighted by Crippen LogP contribution is 2.27. The molecule has 24 heavy (non-hydrogen) atoms. The number of aromatic carboxylic acids is 1. The maximum atomic E-state index is 10.9. The Bertz CT molecular complexity index is 817. The molecule has 0 aliphatic carbocycles. The highest BCUT2D eigenvalue weighted by Gasteiger charge is 2.10. The highest BCUT2D eigenvalue weighted by molar-refractivity contribution is 7.13. The lowest BCUT2D eigenvalue weighted by atomic mass is 10.2. The predicted octanol–water partition coefficient (Wildman–Crippen LogP) is 3.97. The van der Waals surface area contributed by atoms with Crippen LogP contribution in [0.4, 0.5) is 0 Å². The summed E-state index contributed by atoms with van der Waals surface area (Å²) in [4.78, 5) is 15.0. The fourth-order valence-corrected chi connectivity index (χ4v) is 2.85. The van der Waals surface area contributed by atoms with E-state index >= 15 is 0 Å². The smallest absolute Gasteiger partial charge is 0.355 e. The molecule has 3 aromatic rings. The van der Waals surface area contributed by atoms with E-state index in [2.05, 4.69) is 4.98 Å². The van der Waals surface area contributed by atoms with Crippen LogP contribution in [0.25, 0.3) is 10.6 Å². The minimum Gasteiger partial charge on any atom is -0.490 e. The van der Waals surface area contributed by atoms with E-state index in [0.717, 1.165) is 11.3 Å². The van der Waals surface area contributed by atoms with Gasteiger partial charge in [-0.3, -0.25) is 0 Å². The number of aromatic nitrogens is 1. The number of carboxylic acid groups (broad SMARTS) is 1. The van der Waals surface area contributed by atoms with Crippen molar-refractivity contribution in [3.05, 3.63) is 65.7 Å². The lowest BCUT2D eigenvalue weighted by molar-refractivity contribution is 0.0691. The molecule has 6 heteroatoms. The molecule has 0 saturated heterocycles. The van der Waals surface area contributed by atoms with Crippen molar-refractivity contribution in [1.29, 1.82) is 0 Å². The quantitative estimate of drug-likeness (QED) is 0.659. The van der Waals surface area contributed by atoms with Crippen LogP contribution in [0, 0.1) is 0 Å². The average Bonchev–Trinajstić information content (AvgIpc) is 3.10. The Balaban J connectivity index is 1.57. The third-order valence-electron chi connectivity index (χ3n) is 3.17. The third-order valence-corrected chi connectivity index (χ3v) is 4.06. The molecular weight excluding hydrogens is 326 g/mol. The number of para-hydroxylation sites is 1. The van der Waals surface area contributed by atoms with Crippen molar-refractivity contribution in [2.24, 2.45) is 0 Å². The fourth-order valence-electron chi connectivity index (χ4n) is 2.06. The summed E-state index contributed by atoms with van der Waals surface area (Å²) in [6, 6.07) is 17.0. The van der Waals surface area contributed by atoms with Crippen molar-refractivity contribution in [2.75, 3.05) is 13.2 Å². The number of ether oxygens (including phenoxy) is 2. The molecule has 0 radical (unpaired) electrons. The predicted molar refractivity (Wildman–Crippen MR) is 91.9 cm³/mol. The number of hydrogen-bond donors (Lipinski definition) is 1. The highest BCUT2D eigenvalue weighted by atomic mass is 32.1. The summed E-state index contributed by atoms with van der Waals surface area (Å²) in [6.45, 7) is 0.852. The first-order valence-corrected chi connectivity index (χ1v) is 8.20. The minimum atomic E-state index is -1.03. The van der Waals surface area contributed by atoms with Crippen LogP contribution in [0.2, 0.25) is 0 Å². The summed E-state index contributed by atoms with van der Waals surface area (Å²) in [6.07, 6.45) is 0. The first-order valence-electron chi connectivity index (χ1n) is 7.32. The second-order valence-corrected chi connectivity index (χ2v) is 5.74. The Morgan fingerprint density at radius 2 is 1.71 bits per heavy atom. The van der Waals surface area contributed by atoms with E-state index in [-0.39, 0.29) is 5.69 Å². The molecule has 0 aliphatic heterocycles. The van der Waals surface area contributed by atoms with Gasteiger partial charge < -0.3 is 14.6 Å². The van der Waals surface area contributed by atoms with Crippen molar-refractivity contribution in [1.82, 2.24) is 4.98 Å². The maximum absolute atomic E-state index is 10.9. The van der Waals surface area contributed by atoms with Gasteiger partial charge in [0.05, 0.1) is 0 Å². The van der Waals surface area contributed by atoms with Gasteiger partial charge in [0, 0.05) is 10.9 Å². The van der Waals surface area contributed by atoms with E-state index in [1.54, 1.807) is 0 Å². The minimum absolute atomic E-state index is 0.0533. The second kappa shape index (κ2) is 7.61. The maximum Gasteiger partial charge on any atom is 0.355 e. The molecular formula is C18H15NO4S. The first kappa shape index (κ1) is 16.0. The molecule has 2 aromatic carbocycles. The number of carboxylic acids is 1. The molecule has 0 spiro atoms. The number of thiazole rings is 1. The third kappa shape index (κ3) is 4.11. The standard InChI is InChI=1S/C18H15NO4S/c20-18(21)16-12-24-17(19-16)13-5-4-8-15(11-13)23-10-9-22-14-6-2-1-3-7-14/h1-8,11-12H,9-10H2,(H,20,21). The Labute approximate surface area is 143 Å². The van der Waals surface area contributed by atoms with Crippen LogP contribution in [0.3, 0.4) is 0 Å². The van der Waals surface area contributed by atoms with Gasteiger partial charge in [0.15, 0.2) is 5.69 Å². The van der Waals surface area contributed by atoms with Gasteiger partial charge in [-0.05, 0) is 24.3 Å². The Kier molecular flexibility index (Phi) is 5.08. The van der Waals surface area contributed by atoms with Crippen molar-refractivity contribution >= 4 is 17.3 Å². The summed E-state index contributed by atoms with van der Waals surface area (Å²) >= 11 is 1.29. The van der Waals surface area contributed by atoms with Gasteiger partial charge in [0.1, 0.15) is 29.7 Å². The zero-order valence-electron chi connectivity index (χ0n) is 12.7. The van der Waals surface area contributed by atoms with Crippen LogP contribution in [0.5, 0.6) is 11.5 Å². The van der Waals surface area contributed by atoms with Gasteiger partial charge in [-0.15, -0.1) is 11.3 Å². The molecule has 0 unspecified atom stereocenters. The largest absolute Gasteiger partial charge is 0.490 e. The normalized spacial score (nSPS) is 10.3. The van der Waals surface area contributed by atoms with Crippen molar-refractivity contribution < 1.29 is 19.4 Å². The van der Waals surface area contributed by atoms with Gasteiger partial charge in [-0.2, -0.15) is 0 Å². The Morgan fingerprint density at radius 1 is 1.00 bits per heavy atom. The molecule has 0 atom stereocenters. The molecule has 0 saturated carbocycles. The molecule has 5 nitrogen and oxygen atoms in total. The topological polar surface area (TPSA) is 68.7 Å². The van der Waals surface area contributed by atoms with E-state index in [0.29, 0.717) is 24.0 Å².